The Morgan fingerprint density at radius 3 is 2.40 bits per heavy atom. The van der Waals surface area contributed by atoms with E-state index in [2.05, 4.69) is 10.2 Å². The van der Waals surface area contributed by atoms with Crippen LogP contribution in [0.1, 0.15) is 10.4 Å². The third-order valence-electron chi connectivity index (χ3n) is 4.87. The van der Waals surface area contributed by atoms with E-state index in [-0.39, 0.29) is 23.7 Å². The third kappa shape index (κ3) is 5.22. The second-order valence-electron chi connectivity index (χ2n) is 6.67. The largest absolute Gasteiger partial charge is 0.368 e. The number of carbonyl (C=O) groups is 2. The molecule has 8 nitrogen and oxygen atoms in total. The minimum absolute atomic E-state index is 0.0489. The summed E-state index contributed by atoms with van der Waals surface area (Å²) in [5.41, 5.74) is 0.710. The Bertz CT molecular complexity index is 946. The second-order valence-corrected chi connectivity index (χ2v) is 7.98. The van der Waals surface area contributed by atoms with Crippen molar-refractivity contribution in [1.29, 1.82) is 0 Å². The molecule has 1 aliphatic rings. The molecule has 1 N–H and O–H groups in total. The lowest BCUT2D eigenvalue weighted by Crippen LogP contribution is -2.51. The van der Waals surface area contributed by atoms with E-state index in [1.165, 1.54) is 23.9 Å². The summed E-state index contributed by atoms with van der Waals surface area (Å²) in [4.78, 5) is 40.2. The molecule has 1 aliphatic heterocycles. The summed E-state index contributed by atoms with van der Waals surface area (Å²) in [5, 5.41) is 14.4. The van der Waals surface area contributed by atoms with Gasteiger partial charge < -0.3 is 15.1 Å². The van der Waals surface area contributed by atoms with Crippen molar-refractivity contribution in [3.8, 4) is 0 Å². The summed E-state index contributed by atoms with van der Waals surface area (Å²) in [6.07, 6.45) is 1.82. The molecular weight excluding hydrogens is 428 g/mol. The fraction of sp³-hybridized carbons (Fsp3) is 0.300. The van der Waals surface area contributed by atoms with E-state index in [1.807, 2.05) is 30.5 Å². The SMILES string of the molecule is CSc1ccc([N+](=O)[O-])c(C(=O)NCC(=O)N2CCN(c3ccc(Cl)cc3)CC2)c1. The Morgan fingerprint density at radius 2 is 1.80 bits per heavy atom. The standard InChI is InChI=1S/C20H21ClN4O4S/c1-30-16-6-7-18(25(28)29)17(12-16)20(27)22-13-19(26)24-10-8-23(9-11-24)15-4-2-14(21)3-5-15/h2-7,12H,8-11,13H2,1H3,(H,22,27). The van der Waals surface area contributed by atoms with Gasteiger partial charge in [0.2, 0.25) is 5.91 Å². The van der Waals surface area contributed by atoms with Gasteiger partial charge in [-0.05, 0) is 42.7 Å². The molecule has 0 aliphatic carbocycles. The number of thioether (sulfide) groups is 1. The van der Waals surface area contributed by atoms with Crippen molar-refractivity contribution < 1.29 is 14.5 Å². The van der Waals surface area contributed by atoms with E-state index in [0.29, 0.717) is 31.2 Å². The lowest BCUT2D eigenvalue weighted by molar-refractivity contribution is -0.385. The van der Waals surface area contributed by atoms with E-state index < -0.39 is 10.8 Å². The maximum absolute atomic E-state index is 12.5. The van der Waals surface area contributed by atoms with Gasteiger partial charge in [-0.25, -0.2) is 0 Å². The van der Waals surface area contributed by atoms with Gasteiger partial charge in [0, 0.05) is 47.9 Å². The molecule has 30 heavy (non-hydrogen) atoms. The van der Waals surface area contributed by atoms with E-state index in [4.69, 9.17) is 11.6 Å². The molecule has 2 aromatic rings. The monoisotopic (exact) mass is 448 g/mol. The number of hydrogen-bond acceptors (Lipinski definition) is 6. The number of nitrogens with one attached hydrogen (secondary N) is 1. The zero-order valence-corrected chi connectivity index (χ0v) is 17.9. The summed E-state index contributed by atoms with van der Waals surface area (Å²) in [6, 6.07) is 11.9. The number of benzene rings is 2. The van der Waals surface area contributed by atoms with Crippen LogP contribution >= 0.6 is 23.4 Å². The highest BCUT2D eigenvalue weighted by atomic mass is 35.5. The van der Waals surface area contributed by atoms with E-state index in [0.717, 1.165) is 10.6 Å². The lowest BCUT2D eigenvalue weighted by Gasteiger charge is -2.36. The van der Waals surface area contributed by atoms with Crippen molar-refractivity contribution in [3.05, 3.63) is 63.2 Å². The number of amides is 2. The lowest BCUT2D eigenvalue weighted by atomic mass is 10.1. The zero-order chi connectivity index (χ0) is 21.7. The number of nitro groups is 1. The first-order valence-electron chi connectivity index (χ1n) is 9.28. The molecule has 158 valence electrons. The predicted octanol–water partition coefficient (Wildman–Crippen LogP) is 3.05. The highest BCUT2D eigenvalue weighted by molar-refractivity contribution is 7.98. The molecule has 1 fully saturated rings. The first-order chi connectivity index (χ1) is 14.4. The van der Waals surface area contributed by atoms with Gasteiger partial charge >= 0.3 is 0 Å². The second kappa shape index (κ2) is 9.82. The Morgan fingerprint density at radius 1 is 1.13 bits per heavy atom. The van der Waals surface area contributed by atoms with Crippen LogP contribution in [0.3, 0.4) is 0 Å². The van der Waals surface area contributed by atoms with Gasteiger partial charge in [-0.1, -0.05) is 11.6 Å². The van der Waals surface area contributed by atoms with Crippen LogP contribution in [-0.4, -0.2) is 60.6 Å². The van der Waals surface area contributed by atoms with Crippen molar-refractivity contribution in [1.82, 2.24) is 10.2 Å². The maximum Gasteiger partial charge on any atom is 0.282 e. The number of nitro benzene ring substituents is 1. The Balaban J connectivity index is 1.55. The molecule has 1 heterocycles. The number of nitrogens with zero attached hydrogens (tertiary/aromatic N) is 3. The van der Waals surface area contributed by atoms with Crippen LogP contribution in [0.25, 0.3) is 0 Å². The quantitative estimate of drug-likeness (QED) is 0.414. The number of hydrogen-bond donors (Lipinski definition) is 1. The van der Waals surface area contributed by atoms with Crippen LogP contribution < -0.4 is 10.2 Å². The number of anilines is 1. The van der Waals surface area contributed by atoms with Crippen LogP contribution in [0.2, 0.25) is 5.02 Å². The van der Waals surface area contributed by atoms with Gasteiger partial charge in [0.1, 0.15) is 5.56 Å². The van der Waals surface area contributed by atoms with Gasteiger partial charge in [-0.3, -0.25) is 19.7 Å². The molecule has 0 aromatic heterocycles. The van der Waals surface area contributed by atoms with Crippen molar-refractivity contribution in [3.63, 3.8) is 0 Å². The normalized spacial score (nSPS) is 13.8. The molecule has 0 saturated carbocycles. The summed E-state index contributed by atoms with van der Waals surface area (Å²) in [7, 11) is 0. The highest BCUT2D eigenvalue weighted by Crippen LogP contribution is 2.25. The smallest absolute Gasteiger partial charge is 0.282 e. The van der Waals surface area contributed by atoms with Crippen molar-refractivity contribution in [2.75, 3.05) is 43.9 Å². The van der Waals surface area contributed by atoms with Gasteiger partial charge in [0.15, 0.2) is 0 Å². The van der Waals surface area contributed by atoms with Gasteiger partial charge in [0.05, 0.1) is 11.5 Å². The number of piperazine rings is 1. The highest BCUT2D eigenvalue weighted by Gasteiger charge is 2.24. The Kier molecular flexibility index (Phi) is 7.17. The molecule has 0 unspecified atom stereocenters. The number of carbonyl (C=O) groups excluding carboxylic acids is 2. The Labute approximate surface area is 183 Å². The van der Waals surface area contributed by atoms with Gasteiger partial charge in [-0.2, -0.15) is 0 Å². The summed E-state index contributed by atoms with van der Waals surface area (Å²) in [6.45, 7) is 2.18. The molecule has 1 saturated heterocycles. The molecule has 10 heteroatoms. The zero-order valence-electron chi connectivity index (χ0n) is 16.3. The third-order valence-corrected chi connectivity index (χ3v) is 5.85. The molecule has 0 radical (unpaired) electrons. The maximum atomic E-state index is 12.5. The summed E-state index contributed by atoms with van der Waals surface area (Å²) in [5.74, 6) is -0.853. The van der Waals surface area contributed by atoms with Crippen LogP contribution in [0.15, 0.2) is 47.4 Å². The van der Waals surface area contributed by atoms with Crippen LogP contribution in [0.4, 0.5) is 11.4 Å². The molecule has 3 rings (SSSR count). The number of halogens is 1. The average molecular weight is 449 g/mol. The van der Waals surface area contributed by atoms with Crippen molar-refractivity contribution in [2.45, 2.75) is 4.90 Å². The fourth-order valence-electron chi connectivity index (χ4n) is 3.21. The van der Waals surface area contributed by atoms with E-state index >= 15 is 0 Å². The molecular formula is C20H21ClN4O4S. The topological polar surface area (TPSA) is 95.8 Å². The van der Waals surface area contributed by atoms with Crippen molar-refractivity contribution in [2.24, 2.45) is 0 Å². The fourth-order valence-corrected chi connectivity index (χ4v) is 3.78. The molecule has 2 amide bonds. The van der Waals surface area contributed by atoms with E-state index in [9.17, 15) is 19.7 Å². The van der Waals surface area contributed by atoms with Gasteiger partial charge in [-0.15, -0.1) is 11.8 Å². The van der Waals surface area contributed by atoms with Crippen LogP contribution in [0.5, 0.6) is 0 Å². The minimum Gasteiger partial charge on any atom is -0.368 e. The van der Waals surface area contributed by atoms with E-state index in [1.54, 1.807) is 11.0 Å². The molecule has 0 spiro atoms. The number of rotatable bonds is 6. The summed E-state index contributed by atoms with van der Waals surface area (Å²) >= 11 is 7.30. The minimum atomic E-state index is -0.634. The molecule has 0 bridgehead atoms. The predicted molar refractivity (Wildman–Crippen MR) is 117 cm³/mol. The van der Waals surface area contributed by atoms with Gasteiger partial charge in [0.25, 0.3) is 11.6 Å². The summed E-state index contributed by atoms with van der Waals surface area (Å²) < 4.78 is 0. The average Bonchev–Trinajstić information content (AvgIpc) is 2.77. The first kappa shape index (κ1) is 21.9. The molecule has 0 atom stereocenters. The van der Waals surface area contributed by atoms with Crippen LogP contribution in [-0.2, 0) is 4.79 Å². The first-order valence-corrected chi connectivity index (χ1v) is 10.9. The molecule has 2 aromatic carbocycles. The van der Waals surface area contributed by atoms with Crippen LogP contribution in [0, 0.1) is 10.1 Å². The Hall–Kier alpha value is -2.78. The van der Waals surface area contributed by atoms with Crippen molar-refractivity contribution >= 4 is 46.6 Å².